The van der Waals surface area contributed by atoms with Crippen LogP contribution in [-0.2, 0) is 6.61 Å². The fourth-order valence-electron chi connectivity index (χ4n) is 0.927. The summed E-state index contributed by atoms with van der Waals surface area (Å²) in [5, 5.41) is 10.4. The maximum absolute atomic E-state index is 5.21. The second kappa shape index (κ2) is 3.66. The first kappa shape index (κ1) is 7.72. The third kappa shape index (κ3) is 2.02. The van der Waals surface area contributed by atoms with Gasteiger partial charge in [-0.15, -0.1) is 5.10 Å². The van der Waals surface area contributed by atoms with E-state index >= 15 is 0 Å². The van der Waals surface area contributed by atoms with Gasteiger partial charge in [0.05, 0.1) is 0 Å². The Morgan fingerprint density at radius 1 is 1.23 bits per heavy atom. The molecular formula is C8H8N4O. The van der Waals surface area contributed by atoms with Crippen molar-refractivity contribution in [3.63, 3.8) is 0 Å². The van der Waals surface area contributed by atoms with Gasteiger partial charge in [-0.3, -0.25) is 0 Å². The summed E-state index contributed by atoms with van der Waals surface area (Å²) >= 11 is 0. The Morgan fingerprint density at radius 3 is 2.77 bits per heavy atom. The van der Waals surface area contributed by atoms with Gasteiger partial charge in [0.2, 0.25) is 0 Å². The first-order valence-corrected chi connectivity index (χ1v) is 3.85. The summed E-state index contributed by atoms with van der Waals surface area (Å²) in [6, 6.07) is 9.83. The first-order valence-electron chi connectivity index (χ1n) is 3.85. The summed E-state index contributed by atoms with van der Waals surface area (Å²) in [6.45, 7) is 0.464. The van der Waals surface area contributed by atoms with Crippen molar-refractivity contribution >= 4 is 0 Å². The average molecular weight is 176 g/mol. The van der Waals surface area contributed by atoms with E-state index in [-0.39, 0.29) is 0 Å². The summed E-state index contributed by atoms with van der Waals surface area (Å²) in [5.74, 6) is 0. The van der Waals surface area contributed by atoms with Gasteiger partial charge in [-0.1, -0.05) is 35.2 Å². The molecule has 0 radical (unpaired) electrons. The van der Waals surface area contributed by atoms with E-state index in [0.717, 1.165) is 5.56 Å². The molecule has 0 aliphatic rings. The molecule has 66 valence electrons. The lowest BCUT2D eigenvalue weighted by Gasteiger charge is -2.01. The Hall–Kier alpha value is -1.91. The standard InChI is InChI=1S/C8H8N4O/c1-2-4-8(5-3-1)6-13-12-7-9-10-11-12/h1-5,7H,6H2. The number of tetrazole rings is 1. The minimum absolute atomic E-state index is 0.464. The van der Waals surface area contributed by atoms with Crippen molar-refractivity contribution in [2.24, 2.45) is 0 Å². The largest absolute Gasteiger partial charge is 0.389 e. The van der Waals surface area contributed by atoms with Crippen molar-refractivity contribution in [1.29, 1.82) is 0 Å². The molecule has 5 heteroatoms. The topological polar surface area (TPSA) is 52.8 Å². The molecule has 1 aromatic carbocycles. The quantitative estimate of drug-likeness (QED) is 0.675. The van der Waals surface area contributed by atoms with Crippen LogP contribution in [0, 0.1) is 0 Å². The maximum Gasteiger partial charge on any atom is 0.179 e. The highest BCUT2D eigenvalue weighted by Gasteiger charge is 1.93. The van der Waals surface area contributed by atoms with Crippen LogP contribution in [-0.4, -0.2) is 20.4 Å². The molecule has 0 amide bonds. The summed E-state index contributed by atoms with van der Waals surface area (Å²) < 4.78 is 0. The highest BCUT2D eigenvalue weighted by atomic mass is 16.7. The number of benzene rings is 1. The van der Waals surface area contributed by atoms with Gasteiger partial charge in [-0.25, -0.2) is 0 Å². The highest BCUT2D eigenvalue weighted by Crippen LogP contribution is 1.97. The van der Waals surface area contributed by atoms with E-state index in [1.165, 1.54) is 11.2 Å². The van der Waals surface area contributed by atoms with Crippen LogP contribution in [0.5, 0.6) is 0 Å². The Balaban J connectivity index is 1.94. The van der Waals surface area contributed by atoms with Crippen molar-refractivity contribution in [1.82, 2.24) is 20.4 Å². The van der Waals surface area contributed by atoms with E-state index in [1.54, 1.807) is 0 Å². The number of hydrogen-bond donors (Lipinski definition) is 0. The average Bonchev–Trinajstić information content (AvgIpc) is 2.69. The Morgan fingerprint density at radius 2 is 2.08 bits per heavy atom. The van der Waals surface area contributed by atoms with Gasteiger partial charge < -0.3 is 4.84 Å². The van der Waals surface area contributed by atoms with Crippen molar-refractivity contribution < 1.29 is 4.84 Å². The molecule has 0 spiro atoms. The van der Waals surface area contributed by atoms with Gasteiger partial charge in [0.15, 0.2) is 6.33 Å². The molecule has 5 nitrogen and oxygen atoms in total. The van der Waals surface area contributed by atoms with Gasteiger partial charge in [0, 0.05) is 0 Å². The van der Waals surface area contributed by atoms with Crippen molar-refractivity contribution in [2.75, 3.05) is 0 Å². The molecule has 0 aliphatic heterocycles. The molecule has 13 heavy (non-hydrogen) atoms. The molecule has 0 atom stereocenters. The van der Waals surface area contributed by atoms with Crippen LogP contribution in [0.3, 0.4) is 0 Å². The van der Waals surface area contributed by atoms with Crippen LogP contribution in [0.15, 0.2) is 36.7 Å². The summed E-state index contributed by atoms with van der Waals surface area (Å²) in [7, 11) is 0. The number of rotatable bonds is 3. The van der Waals surface area contributed by atoms with E-state index in [4.69, 9.17) is 4.84 Å². The van der Waals surface area contributed by atoms with Gasteiger partial charge in [-0.05, 0) is 16.0 Å². The summed E-state index contributed by atoms with van der Waals surface area (Å²) in [6.07, 6.45) is 1.41. The number of hydrogen-bond acceptors (Lipinski definition) is 4. The van der Waals surface area contributed by atoms with E-state index in [1.807, 2.05) is 30.3 Å². The third-order valence-electron chi connectivity index (χ3n) is 1.54. The van der Waals surface area contributed by atoms with E-state index in [2.05, 4.69) is 15.5 Å². The molecule has 0 saturated heterocycles. The maximum atomic E-state index is 5.21. The van der Waals surface area contributed by atoms with Crippen LogP contribution in [0.25, 0.3) is 0 Å². The Labute approximate surface area is 74.9 Å². The zero-order valence-corrected chi connectivity index (χ0v) is 6.87. The lowest BCUT2D eigenvalue weighted by molar-refractivity contribution is 0.0658. The lowest BCUT2D eigenvalue weighted by atomic mass is 10.2. The van der Waals surface area contributed by atoms with Crippen LogP contribution >= 0.6 is 0 Å². The van der Waals surface area contributed by atoms with Crippen LogP contribution < -0.4 is 4.84 Å². The van der Waals surface area contributed by atoms with Gasteiger partial charge in [0.1, 0.15) is 6.61 Å². The highest BCUT2D eigenvalue weighted by molar-refractivity contribution is 5.13. The van der Waals surface area contributed by atoms with Gasteiger partial charge in [-0.2, -0.15) is 0 Å². The van der Waals surface area contributed by atoms with Gasteiger partial charge >= 0.3 is 0 Å². The zero-order valence-electron chi connectivity index (χ0n) is 6.87. The molecule has 0 fully saturated rings. The van der Waals surface area contributed by atoms with Crippen molar-refractivity contribution in [2.45, 2.75) is 6.61 Å². The smallest absolute Gasteiger partial charge is 0.179 e. The van der Waals surface area contributed by atoms with Crippen LogP contribution in [0.2, 0.25) is 0 Å². The normalized spacial score (nSPS) is 9.85. The van der Waals surface area contributed by atoms with Gasteiger partial charge in [0.25, 0.3) is 0 Å². The molecule has 0 bridgehead atoms. The Bertz CT molecular complexity index is 346. The van der Waals surface area contributed by atoms with Crippen LogP contribution in [0.4, 0.5) is 0 Å². The molecule has 2 rings (SSSR count). The zero-order chi connectivity index (χ0) is 8.93. The second-order valence-electron chi connectivity index (χ2n) is 2.47. The van der Waals surface area contributed by atoms with Crippen molar-refractivity contribution in [3.05, 3.63) is 42.2 Å². The minimum Gasteiger partial charge on any atom is -0.389 e. The predicted molar refractivity (Wildman–Crippen MR) is 44.5 cm³/mol. The van der Waals surface area contributed by atoms with Crippen molar-refractivity contribution in [3.8, 4) is 0 Å². The van der Waals surface area contributed by atoms with Crippen LogP contribution in [0.1, 0.15) is 5.56 Å². The number of nitrogens with zero attached hydrogens (tertiary/aromatic N) is 4. The third-order valence-corrected chi connectivity index (χ3v) is 1.54. The monoisotopic (exact) mass is 176 g/mol. The Kier molecular flexibility index (Phi) is 2.18. The molecule has 0 aliphatic carbocycles. The van der Waals surface area contributed by atoms with E-state index < -0.39 is 0 Å². The number of aromatic nitrogens is 4. The molecule has 2 aromatic rings. The first-order chi connectivity index (χ1) is 6.45. The van der Waals surface area contributed by atoms with E-state index in [0.29, 0.717) is 6.61 Å². The SMILES string of the molecule is c1ccc(COn2cnnn2)cc1. The molecule has 0 N–H and O–H groups in total. The minimum atomic E-state index is 0.464. The fraction of sp³-hybridized carbons (Fsp3) is 0.125. The summed E-state index contributed by atoms with van der Waals surface area (Å²) in [5.41, 5.74) is 1.08. The second-order valence-corrected chi connectivity index (χ2v) is 2.47. The fourth-order valence-corrected chi connectivity index (χ4v) is 0.927. The molecule has 0 saturated carbocycles. The van der Waals surface area contributed by atoms with E-state index in [9.17, 15) is 0 Å². The molecule has 0 unspecified atom stereocenters. The molecule has 1 aromatic heterocycles. The molecule has 1 heterocycles. The summed E-state index contributed by atoms with van der Waals surface area (Å²) in [4.78, 5) is 6.44. The predicted octanol–water partition coefficient (Wildman–Crippen LogP) is 0.302. The molecular weight excluding hydrogens is 168 g/mol. The lowest BCUT2D eigenvalue weighted by Crippen LogP contribution is -2.11.